The summed E-state index contributed by atoms with van der Waals surface area (Å²) in [4.78, 5) is 33.7. The number of hydrogen-bond donors (Lipinski definition) is 3. The van der Waals surface area contributed by atoms with Gasteiger partial charge in [0.1, 0.15) is 0 Å². The largest absolute Gasteiger partial charge is 0.478 e. The molecule has 1 heterocycles. The smallest absolute Gasteiger partial charge is 0.356 e. The van der Waals surface area contributed by atoms with Gasteiger partial charge in [0.05, 0.1) is 0 Å². The molecule has 1 aliphatic heterocycles. The highest BCUT2D eigenvalue weighted by molar-refractivity contribution is 6.13. The number of hydrogen-bond acceptors (Lipinski definition) is 4. The van der Waals surface area contributed by atoms with Crippen LogP contribution in [0.15, 0.2) is 0 Å². The molecule has 96 valence electrons. The highest BCUT2D eigenvalue weighted by Gasteiger charge is 2.60. The Kier molecular flexibility index (Phi) is 3.66. The average Bonchev–Trinajstić information content (AvgIpc) is 2.25. The molecule has 1 fully saturated rings. The molecule has 0 radical (unpaired) electrons. The predicted octanol–water partition coefficient (Wildman–Crippen LogP) is -0.550. The van der Waals surface area contributed by atoms with Gasteiger partial charge in [-0.15, -0.1) is 0 Å². The highest BCUT2D eigenvalue weighted by Crippen LogP contribution is 2.25. The first-order valence-corrected chi connectivity index (χ1v) is 5.08. The van der Waals surface area contributed by atoms with Gasteiger partial charge < -0.3 is 10.2 Å². The van der Waals surface area contributed by atoms with Gasteiger partial charge in [-0.25, -0.2) is 14.0 Å². The van der Waals surface area contributed by atoms with Crippen molar-refractivity contribution >= 4 is 17.9 Å². The van der Waals surface area contributed by atoms with Crippen molar-refractivity contribution in [3.63, 3.8) is 0 Å². The maximum atomic E-state index is 13.9. The molecule has 1 rings (SSSR count). The summed E-state index contributed by atoms with van der Waals surface area (Å²) in [6.07, 6.45) is -1.20. The molecule has 0 aliphatic carbocycles. The van der Waals surface area contributed by atoms with Gasteiger partial charge in [-0.3, -0.25) is 15.0 Å². The number of carboxylic acids is 1. The van der Waals surface area contributed by atoms with Crippen molar-refractivity contribution in [2.75, 3.05) is 6.54 Å². The van der Waals surface area contributed by atoms with Crippen LogP contribution in [-0.4, -0.2) is 51.5 Å². The van der Waals surface area contributed by atoms with Gasteiger partial charge in [-0.1, -0.05) is 13.3 Å². The van der Waals surface area contributed by atoms with E-state index in [2.05, 4.69) is 0 Å². The molecule has 0 aromatic carbocycles. The van der Waals surface area contributed by atoms with Gasteiger partial charge in [-0.05, 0) is 6.42 Å². The third-order valence-corrected chi connectivity index (χ3v) is 2.53. The number of rotatable bonds is 4. The Hall–Kier alpha value is -1.70. The Morgan fingerprint density at radius 2 is 2.18 bits per heavy atom. The van der Waals surface area contributed by atoms with E-state index in [-0.39, 0.29) is 6.54 Å². The van der Waals surface area contributed by atoms with Gasteiger partial charge in [0, 0.05) is 6.54 Å². The predicted molar refractivity (Wildman–Crippen MR) is 52.6 cm³/mol. The zero-order valence-corrected chi connectivity index (χ0v) is 9.14. The minimum absolute atomic E-state index is 0.0320. The number of urea groups is 1. The number of halogens is 1. The molecule has 17 heavy (non-hydrogen) atoms. The van der Waals surface area contributed by atoms with Crippen molar-refractivity contribution in [1.82, 2.24) is 10.2 Å². The van der Waals surface area contributed by atoms with Crippen LogP contribution >= 0.6 is 0 Å². The van der Waals surface area contributed by atoms with Crippen molar-refractivity contribution in [1.29, 1.82) is 0 Å². The van der Waals surface area contributed by atoms with Crippen LogP contribution in [0.2, 0.25) is 0 Å². The lowest BCUT2D eigenvalue weighted by Gasteiger charge is -2.38. The number of carbonyl (C=O) groups excluding carboxylic acids is 2. The van der Waals surface area contributed by atoms with Gasteiger partial charge >= 0.3 is 17.7 Å². The number of unbranched alkanes of at least 4 members (excludes halogenated alkanes) is 1. The molecule has 1 saturated heterocycles. The molecule has 3 N–H and O–H groups in total. The second kappa shape index (κ2) is 4.66. The number of aliphatic carboxylic acids is 1. The summed E-state index contributed by atoms with van der Waals surface area (Å²) in [7, 11) is 0. The van der Waals surface area contributed by atoms with E-state index in [0.717, 1.165) is 0 Å². The quantitative estimate of drug-likeness (QED) is 0.579. The Labute approximate surface area is 96.2 Å². The van der Waals surface area contributed by atoms with E-state index in [0.29, 0.717) is 17.7 Å². The van der Waals surface area contributed by atoms with Crippen molar-refractivity contribution in [2.24, 2.45) is 0 Å². The van der Waals surface area contributed by atoms with Crippen LogP contribution in [0, 0.1) is 0 Å². The monoisotopic (exact) mass is 248 g/mol. The number of nitrogens with one attached hydrogen (secondary N) is 1. The van der Waals surface area contributed by atoms with Gasteiger partial charge in [0.25, 0.3) is 5.91 Å². The van der Waals surface area contributed by atoms with E-state index in [4.69, 9.17) is 5.11 Å². The minimum Gasteiger partial charge on any atom is -0.478 e. The van der Waals surface area contributed by atoms with Crippen LogP contribution < -0.4 is 5.32 Å². The second-order valence-electron chi connectivity index (χ2n) is 3.70. The van der Waals surface area contributed by atoms with Gasteiger partial charge in [0.2, 0.25) is 0 Å². The van der Waals surface area contributed by atoms with E-state index in [1.165, 1.54) is 0 Å². The molecule has 7 nitrogen and oxygen atoms in total. The molecule has 0 aromatic rings. The van der Waals surface area contributed by atoms with Crippen LogP contribution in [0.4, 0.5) is 9.18 Å². The average molecular weight is 248 g/mol. The SMILES string of the molecule is CCCCN1C(=O)NC(=O)C(F)(C(=O)O)C1O. The number of imide groups is 1. The number of amides is 3. The van der Waals surface area contributed by atoms with Crippen molar-refractivity contribution in [2.45, 2.75) is 31.7 Å². The molecule has 0 bridgehead atoms. The van der Waals surface area contributed by atoms with Crippen LogP contribution in [0.3, 0.4) is 0 Å². The molecule has 0 aromatic heterocycles. The topological polar surface area (TPSA) is 107 Å². The van der Waals surface area contributed by atoms with Crippen LogP contribution in [0.25, 0.3) is 0 Å². The minimum atomic E-state index is -3.53. The summed E-state index contributed by atoms with van der Waals surface area (Å²) >= 11 is 0. The first-order chi connectivity index (χ1) is 7.85. The third kappa shape index (κ3) is 2.07. The zero-order valence-electron chi connectivity index (χ0n) is 9.14. The molecule has 3 amide bonds. The third-order valence-electron chi connectivity index (χ3n) is 2.53. The van der Waals surface area contributed by atoms with Crippen LogP contribution in [0.5, 0.6) is 0 Å². The number of nitrogens with zero attached hydrogens (tertiary/aromatic N) is 1. The zero-order chi connectivity index (χ0) is 13.2. The van der Waals surface area contributed by atoms with E-state index in [1.807, 2.05) is 0 Å². The molecule has 2 atom stereocenters. The summed E-state index contributed by atoms with van der Waals surface area (Å²) in [5.41, 5.74) is -3.53. The van der Waals surface area contributed by atoms with Crippen LogP contribution in [-0.2, 0) is 9.59 Å². The Bertz CT molecular complexity index is 361. The number of carboxylic acid groups (broad SMARTS) is 1. The maximum absolute atomic E-state index is 13.9. The summed E-state index contributed by atoms with van der Waals surface area (Å²) < 4.78 is 13.9. The number of alkyl halides is 1. The lowest BCUT2D eigenvalue weighted by Crippen LogP contribution is -2.71. The maximum Gasteiger partial charge on any atom is 0.356 e. The van der Waals surface area contributed by atoms with E-state index >= 15 is 0 Å². The van der Waals surface area contributed by atoms with Gasteiger partial charge in [-0.2, -0.15) is 0 Å². The summed E-state index contributed by atoms with van der Waals surface area (Å²) in [5.74, 6) is -3.79. The molecule has 2 unspecified atom stereocenters. The van der Waals surface area contributed by atoms with Crippen molar-refractivity contribution in [3.8, 4) is 0 Å². The first kappa shape index (κ1) is 13.4. The molecule has 0 spiro atoms. The van der Waals surface area contributed by atoms with E-state index < -0.39 is 29.8 Å². The number of carbonyl (C=O) groups is 3. The fourth-order valence-electron chi connectivity index (χ4n) is 1.46. The first-order valence-electron chi connectivity index (χ1n) is 5.08. The second-order valence-corrected chi connectivity index (χ2v) is 3.70. The van der Waals surface area contributed by atoms with E-state index in [1.54, 1.807) is 12.2 Å². The summed E-state index contributed by atoms with van der Waals surface area (Å²) in [6, 6.07) is -0.995. The Morgan fingerprint density at radius 3 is 2.65 bits per heavy atom. The van der Waals surface area contributed by atoms with Crippen LogP contribution in [0.1, 0.15) is 19.8 Å². The van der Waals surface area contributed by atoms with Crippen molar-refractivity contribution < 1.29 is 29.0 Å². The van der Waals surface area contributed by atoms with Crippen molar-refractivity contribution in [3.05, 3.63) is 0 Å². The summed E-state index contributed by atoms with van der Waals surface area (Å²) in [5, 5.41) is 19.7. The fourth-order valence-corrected chi connectivity index (χ4v) is 1.46. The Balaban J connectivity index is 2.99. The number of aliphatic hydroxyl groups excluding tert-OH is 1. The summed E-state index contributed by atoms with van der Waals surface area (Å²) in [6.45, 7) is 1.77. The Morgan fingerprint density at radius 1 is 1.59 bits per heavy atom. The normalized spacial score (nSPS) is 29.1. The lowest BCUT2D eigenvalue weighted by atomic mass is 10.00. The molecule has 1 aliphatic rings. The van der Waals surface area contributed by atoms with E-state index in [9.17, 15) is 23.9 Å². The molecular weight excluding hydrogens is 235 g/mol. The standard InChI is InChI=1S/C9H13FN2O5/c1-2-3-4-12-6(14)9(10,7(15)16)5(13)11-8(12)17/h6,14H,2-4H2,1H3,(H,15,16)(H,11,13,17). The lowest BCUT2D eigenvalue weighted by molar-refractivity contribution is -0.179. The molecule has 8 heteroatoms. The number of aliphatic hydroxyl groups is 1. The molecule has 0 saturated carbocycles. The highest BCUT2D eigenvalue weighted by atomic mass is 19.1. The molecular formula is C9H13FN2O5. The fraction of sp³-hybridized carbons (Fsp3) is 0.667. The van der Waals surface area contributed by atoms with Gasteiger partial charge in [0.15, 0.2) is 6.23 Å².